The van der Waals surface area contributed by atoms with Crippen LogP contribution in [-0.4, -0.2) is 137 Å². The SMILES string of the molecule is CC(C)(F)C[C@]1(c2ccc(-c3cnccn3)cc2)NC(=N)N([C@H](COC(=O)NC2(C(F)(F)F)CC2)c2ccc(Cl)c(-n3nc(CC(C)(C)C[C@]4(c5ccc(-c6ncns6)cc5F)NC(=N)N([C@H](COC(=O)NC5(C(F)(F)F)CC5)c5ccc(Cl)c(-n6ncnc6C(F)F)c5)C4=O)nc3C(F)F)c2)C1=O. The number of aromatic nitrogens is 10. The predicted molar refractivity (Wildman–Crippen MR) is 347 cm³/mol. The molecular weight excluding hydrogens is 1460 g/mol. The molecule has 6 N–H and O–H groups in total. The minimum Gasteiger partial charge on any atom is -0.447 e. The first-order valence-corrected chi connectivity index (χ1v) is 33.0. The molecule has 4 aliphatic rings. The molecule has 4 aromatic carbocycles. The van der Waals surface area contributed by atoms with E-state index in [0.717, 1.165) is 53.1 Å². The van der Waals surface area contributed by atoms with Gasteiger partial charge in [-0.3, -0.25) is 40.2 Å². The third kappa shape index (κ3) is 14.3. The maximum absolute atomic E-state index is 17.4. The van der Waals surface area contributed by atoms with Crippen molar-refractivity contribution in [3.05, 3.63) is 166 Å². The molecule has 0 radical (unpaired) electrons. The summed E-state index contributed by atoms with van der Waals surface area (Å²) in [5, 5.41) is 36.1. The van der Waals surface area contributed by atoms with Crippen LogP contribution in [0.1, 0.15) is 131 Å². The molecule has 4 aromatic heterocycles. The highest BCUT2D eigenvalue weighted by Gasteiger charge is 2.66. The molecule has 0 spiro atoms. The van der Waals surface area contributed by atoms with Crippen molar-refractivity contribution in [2.75, 3.05) is 13.2 Å². The first-order chi connectivity index (χ1) is 48.9. The molecule has 104 heavy (non-hydrogen) atoms. The molecule has 0 bridgehead atoms. The zero-order chi connectivity index (χ0) is 75.0. The summed E-state index contributed by atoms with van der Waals surface area (Å²) >= 11 is 14.3. The van der Waals surface area contributed by atoms with Crippen LogP contribution in [0.15, 0.2) is 110 Å². The lowest BCUT2D eigenvalue weighted by atomic mass is 9.72. The van der Waals surface area contributed by atoms with E-state index < -0.39 is 199 Å². The minimum atomic E-state index is -4.93. The molecule has 0 unspecified atom stereocenters. The van der Waals surface area contributed by atoms with Crippen LogP contribution in [0.4, 0.5) is 62.3 Å². The Balaban J connectivity index is 0.910. The fourth-order valence-electron chi connectivity index (χ4n) is 12.9. The average molecular weight is 1520 g/mol. The van der Waals surface area contributed by atoms with Crippen LogP contribution in [0.2, 0.25) is 10.0 Å². The summed E-state index contributed by atoms with van der Waals surface area (Å²) in [6.45, 7) is 3.19. The number of nitrogens with one attached hydrogen (secondary N) is 6. The number of nitrogens with zero attached hydrogens (tertiary/aromatic N) is 12. The summed E-state index contributed by atoms with van der Waals surface area (Å²) in [4.78, 5) is 79.9. The van der Waals surface area contributed by atoms with Gasteiger partial charge in [-0.1, -0.05) is 85.6 Å². The number of carbonyl (C=O) groups is 4. The monoisotopic (exact) mass is 1520 g/mol. The van der Waals surface area contributed by atoms with E-state index in [4.69, 9.17) is 32.7 Å². The summed E-state index contributed by atoms with van der Waals surface area (Å²) in [5.74, 6) is -7.34. The summed E-state index contributed by atoms with van der Waals surface area (Å²) in [6, 6.07) is 13.0. The molecule has 6 heterocycles. The van der Waals surface area contributed by atoms with Crippen LogP contribution in [0.25, 0.3) is 33.2 Å². The minimum absolute atomic E-state index is 0.118. The molecule has 2 aliphatic carbocycles. The molecule has 2 aliphatic heterocycles. The standard InChI is InChI=1S/C65H58Cl2F12N18O6S/c1-58(2,28-63(37-12-7-35(21-40(37)68)51-85-31-87-104-51)53(99)95(55(81)90-63)45(27-103-57(101)92-61(17-18-61)65(77,78)79)33-8-13-38(66)42(22-33)96-49(47(69)70)84-30-86-96)24-46-88-50(48(71)72)97(93-46)43-23-34(9-14-39(43)67)44(26-102-56(100)91-60(15-16-60)64(74,75)76)94-52(98)62(89-54(94)80,29-59(3,4)73)36-10-5-32(6-11-36)41-25-82-19-20-83-41/h5-14,19-23,25,30-31,44-45,47-48H,15-18,24,26-29H2,1-4H3,(H2,80,89)(H2,81,90)(H,91,100)(H,92,101)/t44-,45-,62-,63-/m1/s1. The molecule has 24 nitrogen and oxygen atoms in total. The number of hydrogen-bond donors (Lipinski definition) is 6. The van der Waals surface area contributed by atoms with Gasteiger partial charge in [0.15, 0.2) is 29.4 Å². The molecular formula is C65H58Cl2F12N18O6S. The first-order valence-electron chi connectivity index (χ1n) is 31.5. The number of benzene rings is 4. The Kier molecular flexibility index (Phi) is 19.3. The highest BCUT2D eigenvalue weighted by Crippen LogP contribution is 2.52. The number of hydrogen-bond acceptors (Lipinski definition) is 17. The molecule has 4 fully saturated rings. The second kappa shape index (κ2) is 27.2. The van der Waals surface area contributed by atoms with Crippen molar-refractivity contribution in [1.82, 2.24) is 79.9 Å². The number of alkyl halides is 11. The van der Waals surface area contributed by atoms with Crippen LogP contribution in [0, 0.1) is 22.1 Å². The fourth-order valence-corrected chi connectivity index (χ4v) is 13.8. The van der Waals surface area contributed by atoms with E-state index in [1.807, 2.05) is 5.32 Å². The van der Waals surface area contributed by atoms with Crippen LogP contribution >= 0.6 is 34.7 Å². The third-order valence-electron chi connectivity index (χ3n) is 18.1. The Morgan fingerprint density at radius 3 is 1.69 bits per heavy atom. The van der Waals surface area contributed by atoms with E-state index in [9.17, 15) is 55.5 Å². The van der Waals surface area contributed by atoms with Crippen LogP contribution in [0.3, 0.4) is 0 Å². The van der Waals surface area contributed by atoms with Crippen molar-refractivity contribution in [3.63, 3.8) is 0 Å². The molecule has 39 heteroatoms. The van der Waals surface area contributed by atoms with Gasteiger partial charge in [0.25, 0.3) is 24.7 Å². The zero-order valence-corrected chi connectivity index (χ0v) is 56.9. The molecule has 2 saturated heterocycles. The highest BCUT2D eigenvalue weighted by molar-refractivity contribution is 7.09. The van der Waals surface area contributed by atoms with Crippen molar-refractivity contribution in [3.8, 4) is 33.2 Å². The quantitative estimate of drug-likeness (QED) is 0.0306. The normalized spacial score (nSPS) is 19.3. The van der Waals surface area contributed by atoms with E-state index in [0.29, 0.717) is 25.5 Å². The van der Waals surface area contributed by atoms with E-state index >= 15 is 27.2 Å². The van der Waals surface area contributed by atoms with Gasteiger partial charge in [-0.05, 0) is 110 Å². The van der Waals surface area contributed by atoms with E-state index in [-0.39, 0.29) is 43.0 Å². The Labute approximate surface area is 595 Å². The van der Waals surface area contributed by atoms with Crippen molar-refractivity contribution in [1.29, 1.82) is 10.8 Å². The van der Waals surface area contributed by atoms with Gasteiger partial charge in [0.05, 0.1) is 45.4 Å². The van der Waals surface area contributed by atoms with Crippen LogP contribution in [-0.2, 0) is 36.6 Å². The molecule has 12 rings (SSSR count). The van der Waals surface area contributed by atoms with Gasteiger partial charge in [-0.2, -0.15) is 40.9 Å². The van der Waals surface area contributed by atoms with Gasteiger partial charge in [-0.25, -0.2) is 60.2 Å². The van der Waals surface area contributed by atoms with Gasteiger partial charge in [0, 0.05) is 41.9 Å². The average Bonchev–Trinajstić information content (AvgIpc) is 1.54. The summed E-state index contributed by atoms with van der Waals surface area (Å²) in [7, 11) is 0. The highest BCUT2D eigenvalue weighted by atomic mass is 35.5. The van der Waals surface area contributed by atoms with E-state index in [1.54, 1.807) is 17.4 Å². The lowest BCUT2D eigenvalue weighted by Gasteiger charge is -2.36. The van der Waals surface area contributed by atoms with Crippen molar-refractivity contribution in [2.24, 2.45) is 5.41 Å². The number of ether oxygens (including phenoxy) is 2. The maximum Gasteiger partial charge on any atom is 0.411 e. The molecule has 548 valence electrons. The smallest absolute Gasteiger partial charge is 0.411 e. The molecule has 2 saturated carbocycles. The third-order valence-corrected chi connectivity index (χ3v) is 19.4. The van der Waals surface area contributed by atoms with Gasteiger partial charge in [-0.15, -0.1) is 0 Å². The van der Waals surface area contributed by atoms with Crippen LogP contribution < -0.4 is 21.3 Å². The maximum atomic E-state index is 17.4. The lowest BCUT2D eigenvalue weighted by molar-refractivity contribution is -0.164. The molecule has 4 amide bonds. The largest absolute Gasteiger partial charge is 0.447 e. The Morgan fingerprint density at radius 1 is 0.663 bits per heavy atom. The number of guanidine groups is 2. The van der Waals surface area contributed by atoms with Crippen molar-refractivity contribution in [2.45, 2.75) is 138 Å². The molecule has 8 aromatic rings. The second-order valence-electron chi connectivity index (χ2n) is 26.6. The lowest BCUT2D eigenvalue weighted by Crippen LogP contribution is -2.49. The topological polar surface area (TPSA) is 302 Å². The number of alkyl carbamates (subject to hydrolysis) is 2. The van der Waals surface area contributed by atoms with Gasteiger partial charge in [0.1, 0.15) is 64.5 Å². The van der Waals surface area contributed by atoms with Crippen molar-refractivity contribution < 1.29 is 81.3 Å². The number of halogens is 14. The Hall–Kier alpha value is -10.0. The van der Waals surface area contributed by atoms with E-state index in [1.165, 1.54) is 89.0 Å². The molecule has 4 atom stereocenters. The van der Waals surface area contributed by atoms with Gasteiger partial charge in [0.2, 0.25) is 0 Å². The number of carbonyl (C=O) groups excluding carboxylic acids is 4. The van der Waals surface area contributed by atoms with Gasteiger partial charge < -0.3 is 30.7 Å². The van der Waals surface area contributed by atoms with E-state index in [2.05, 4.69) is 50.1 Å². The first kappa shape index (κ1) is 73.7. The Bertz CT molecular complexity index is 4650. The van der Waals surface area contributed by atoms with Gasteiger partial charge >= 0.3 is 24.5 Å². The zero-order valence-electron chi connectivity index (χ0n) is 54.6. The predicted octanol–water partition coefficient (Wildman–Crippen LogP) is 13.2. The second-order valence-corrected chi connectivity index (χ2v) is 28.2. The summed E-state index contributed by atoms with van der Waals surface area (Å²) < 4.78 is 195. The summed E-state index contributed by atoms with van der Waals surface area (Å²) in [6.07, 6.45) is -17.3. The number of amides is 4. The number of rotatable bonds is 24. The fraction of sp³-hybridized carbons (Fsp3) is 0.385. The van der Waals surface area contributed by atoms with Crippen molar-refractivity contribution >= 4 is 70.7 Å². The summed E-state index contributed by atoms with van der Waals surface area (Å²) in [5.41, 5.74) is -13.9. The Morgan fingerprint density at radius 2 is 1.20 bits per heavy atom. The van der Waals surface area contributed by atoms with Crippen LogP contribution in [0.5, 0.6) is 0 Å².